The van der Waals surface area contributed by atoms with E-state index in [0.717, 1.165) is 0 Å². The molecule has 0 fully saturated rings. The molecular formula is C10H7FN2O2. The van der Waals surface area contributed by atoms with E-state index >= 15 is 0 Å². The number of aromatic amines is 1. The number of aromatic nitrogens is 1. The van der Waals surface area contributed by atoms with E-state index in [1.165, 1.54) is 18.3 Å². The zero-order valence-corrected chi connectivity index (χ0v) is 7.58. The number of fused-ring (bicyclic) bond motifs is 1. The molecule has 4 nitrogen and oxygen atoms in total. The van der Waals surface area contributed by atoms with Gasteiger partial charge in [-0.15, -0.1) is 0 Å². The molecule has 0 saturated carbocycles. The van der Waals surface area contributed by atoms with Crippen molar-refractivity contribution >= 4 is 22.6 Å². The van der Waals surface area contributed by atoms with Gasteiger partial charge in [0.25, 0.3) is 11.7 Å². The Morgan fingerprint density at radius 1 is 1.33 bits per heavy atom. The first-order chi connectivity index (χ1) is 7.11. The lowest BCUT2D eigenvalue weighted by Crippen LogP contribution is -2.22. The first-order valence-electron chi connectivity index (χ1n) is 4.21. The summed E-state index contributed by atoms with van der Waals surface area (Å²) in [5, 5.41) is 0.360. The van der Waals surface area contributed by atoms with Crippen molar-refractivity contribution in [2.45, 2.75) is 0 Å². The monoisotopic (exact) mass is 206 g/mol. The van der Waals surface area contributed by atoms with E-state index in [9.17, 15) is 14.0 Å². The van der Waals surface area contributed by atoms with E-state index < -0.39 is 17.5 Å². The maximum Gasteiger partial charge on any atom is 0.289 e. The molecule has 5 heteroatoms. The fraction of sp³-hybridized carbons (Fsp3) is 0. The highest BCUT2D eigenvalue weighted by Gasteiger charge is 2.17. The van der Waals surface area contributed by atoms with Gasteiger partial charge in [-0.1, -0.05) is 12.1 Å². The number of nitrogens with one attached hydrogen (secondary N) is 1. The average Bonchev–Trinajstić information content (AvgIpc) is 2.61. The number of Topliss-reactive ketones (excluding diaryl/α,β-unsaturated/α-hetero) is 1. The lowest BCUT2D eigenvalue weighted by Gasteiger charge is -1.94. The quantitative estimate of drug-likeness (QED) is 0.567. The summed E-state index contributed by atoms with van der Waals surface area (Å²) >= 11 is 0. The van der Waals surface area contributed by atoms with Gasteiger partial charge in [-0.05, 0) is 6.07 Å². The maximum absolute atomic E-state index is 13.2. The summed E-state index contributed by atoms with van der Waals surface area (Å²) < 4.78 is 13.2. The van der Waals surface area contributed by atoms with Gasteiger partial charge in [0, 0.05) is 11.6 Å². The van der Waals surface area contributed by atoms with E-state index in [0.29, 0.717) is 5.39 Å². The molecule has 0 aliphatic heterocycles. The summed E-state index contributed by atoms with van der Waals surface area (Å²) in [6, 6.07) is 4.27. The Bertz CT molecular complexity index is 560. The Labute approximate surface area is 83.9 Å². The van der Waals surface area contributed by atoms with Crippen LogP contribution >= 0.6 is 0 Å². The van der Waals surface area contributed by atoms with Crippen LogP contribution in [-0.2, 0) is 4.79 Å². The number of carbonyl (C=O) groups excluding carboxylic acids is 2. The van der Waals surface area contributed by atoms with Crippen molar-refractivity contribution in [1.82, 2.24) is 4.98 Å². The van der Waals surface area contributed by atoms with Crippen LogP contribution in [0.25, 0.3) is 10.9 Å². The number of rotatable bonds is 2. The molecule has 1 aromatic carbocycles. The molecule has 0 aliphatic carbocycles. The fourth-order valence-corrected chi connectivity index (χ4v) is 1.44. The Hall–Kier alpha value is -2.17. The van der Waals surface area contributed by atoms with Crippen LogP contribution in [0.2, 0.25) is 0 Å². The topological polar surface area (TPSA) is 76.0 Å². The smallest absolute Gasteiger partial charge is 0.289 e. The molecule has 15 heavy (non-hydrogen) atoms. The van der Waals surface area contributed by atoms with Gasteiger partial charge in [0.2, 0.25) is 0 Å². The Morgan fingerprint density at radius 3 is 2.73 bits per heavy atom. The predicted molar refractivity (Wildman–Crippen MR) is 51.8 cm³/mol. The van der Waals surface area contributed by atoms with Crippen LogP contribution in [0.15, 0.2) is 24.4 Å². The van der Waals surface area contributed by atoms with Gasteiger partial charge in [0.05, 0.1) is 11.1 Å². The molecule has 1 aromatic heterocycles. The van der Waals surface area contributed by atoms with Crippen LogP contribution in [0.5, 0.6) is 0 Å². The number of ketones is 1. The summed E-state index contributed by atoms with van der Waals surface area (Å²) in [5.41, 5.74) is 5.15. The number of primary amides is 1. The van der Waals surface area contributed by atoms with E-state index in [4.69, 9.17) is 5.73 Å². The summed E-state index contributed by atoms with van der Waals surface area (Å²) in [4.78, 5) is 24.6. The normalized spacial score (nSPS) is 10.5. The highest BCUT2D eigenvalue weighted by Crippen LogP contribution is 2.20. The van der Waals surface area contributed by atoms with E-state index in [-0.39, 0.29) is 11.1 Å². The number of H-pyrrole nitrogens is 1. The number of para-hydroxylation sites is 1. The number of halogens is 1. The summed E-state index contributed by atoms with van der Waals surface area (Å²) in [6.07, 6.45) is 1.28. The average molecular weight is 206 g/mol. The third-order valence-electron chi connectivity index (χ3n) is 2.13. The minimum absolute atomic E-state index is 0.0944. The SMILES string of the molecule is NC(=O)C(=O)c1c[nH]c2c(F)cccc12. The van der Waals surface area contributed by atoms with Crippen molar-refractivity contribution in [3.63, 3.8) is 0 Å². The van der Waals surface area contributed by atoms with E-state index in [1.54, 1.807) is 6.07 Å². The number of benzene rings is 1. The van der Waals surface area contributed by atoms with Gasteiger partial charge in [0.1, 0.15) is 5.82 Å². The van der Waals surface area contributed by atoms with Gasteiger partial charge in [-0.25, -0.2) is 4.39 Å². The van der Waals surface area contributed by atoms with Crippen molar-refractivity contribution < 1.29 is 14.0 Å². The van der Waals surface area contributed by atoms with Gasteiger partial charge in [-0.3, -0.25) is 9.59 Å². The predicted octanol–water partition coefficient (Wildman–Crippen LogP) is 0.975. The standard InChI is InChI=1S/C10H7FN2O2/c11-7-3-1-2-5-6(4-13-8(5)7)9(14)10(12)15/h1-4,13H,(H2,12,15). The minimum atomic E-state index is -1.06. The molecule has 0 aliphatic rings. The Kier molecular flexibility index (Phi) is 2.00. The van der Waals surface area contributed by atoms with Gasteiger partial charge < -0.3 is 10.7 Å². The third kappa shape index (κ3) is 1.38. The third-order valence-corrected chi connectivity index (χ3v) is 2.13. The van der Waals surface area contributed by atoms with Crippen molar-refractivity contribution in [3.05, 3.63) is 35.8 Å². The van der Waals surface area contributed by atoms with Crippen molar-refractivity contribution in [2.24, 2.45) is 5.73 Å². The summed E-state index contributed by atoms with van der Waals surface area (Å²) in [7, 11) is 0. The van der Waals surface area contributed by atoms with Crippen LogP contribution in [0, 0.1) is 5.82 Å². The number of hydrogen-bond donors (Lipinski definition) is 2. The lowest BCUT2D eigenvalue weighted by molar-refractivity contribution is -0.114. The second kappa shape index (κ2) is 3.20. The maximum atomic E-state index is 13.2. The molecule has 2 rings (SSSR count). The second-order valence-corrected chi connectivity index (χ2v) is 3.06. The number of carbonyl (C=O) groups is 2. The lowest BCUT2D eigenvalue weighted by atomic mass is 10.1. The molecule has 3 N–H and O–H groups in total. The van der Waals surface area contributed by atoms with Crippen LogP contribution in [-0.4, -0.2) is 16.7 Å². The summed E-state index contributed by atoms with van der Waals surface area (Å²) in [6.45, 7) is 0. The van der Waals surface area contributed by atoms with Crippen LogP contribution in [0.3, 0.4) is 0 Å². The molecule has 2 aromatic rings. The fourth-order valence-electron chi connectivity index (χ4n) is 1.44. The molecule has 0 radical (unpaired) electrons. The van der Waals surface area contributed by atoms with Crippen molar-refractivity contribution in [3.8, 4) is 0 Å². The van der Waals surface area contributed by atoms with Crippen LogP contribution < -0.4 is 5.73 Å². The van der Waals surface area contributed by atoms with Crippen molar-refractivity contribution in [1.29, 1.82) is 0 Å². The molecule has 0 atom stereocenters. The van der Waals surface area contributed by atoms with Crippen LogP contribution in [0.1, 0.15) is 10.4 Å². The largest absolute Gasteiger partial charge is 0.363 e. The van der Waals surface area contributed by atoms with Gasteiger partial charge in [0.15, 0.2) is 0 Å². The van der Waals surface area contributed by atoms with Crippen LogP contribution in [0.4, 0.5) is 4.39 Å². The first kappa shape index (κ1) is 9.39. The Morgan fingerprint density at radius 2 is 2.07 bits per heavy atom. The highest BCUT2D eigenvalue weighted by atomic mass is 19.1. The van der Waals surface area contributed by atoms with Gasteiger partial charge in [-0.2, -0.15) is 0 Å². The van der Waals surface area contributed by atoms with E-state index in [2.05, 4.69) is 4.98 Å². The van der Waals surface area contributed by atoms with E-state index in [1.807, 2.05) is 0 Å². The summed E-state index contributed by atoms with van der Waals surface area (Å²) in [5.74, 6) is -2.36. The molecule has 0 bridgehead atoms. The molecule has 1 heterocycles. The zero-order valence-electron chi connectivity index (χ0n) is 7.58. The van der Waals surface area contributed by atoms with Crippen molar-refractivity contribution in [2.75, 3.05) is 0 Å². The zero-order chi connectivity index (χ0) is 11.0. The Balaban J connectivity index is 2.69. The molecule has 76 valence electrons. The number of hydrogen-bond acceptors (Lipinski definition) is 2. The van der Waals surface area contributed by atoms with Gasteiger partial charge >= 0.3 is 0 Å². The number of nitrogens with two attached hydrogens (primary N) is 1. The second-order valence-electron chi connectivity index (χ2n) is 3.06. The molecule has 0 unspecified atom stereocenters. The number of amides is 1. The molecular weight excluding hydrogens is 199 g/mol. The molecule has 0 saturated heterocycles. The molecule has 0 spiro atoms. The molecule has 1 amide bonds. The minimum Gasteiger partial charge on any atom is -0.363 e. The highest BCUT2D eigenvalue weighted by molar-refractivity contribution is 6.44. The first-order valence-corrected chi connectivity index (χ1v) is 4.21.